The van der Waals surface area contributed by atoms with Crippen LogP contribution in [0.2, 0.25) is 0 Å². The molecule has 0 N–H and O–H groups in total. The lowest BCUT2D eigenvalue weighted by atomic mass is 10.1. The number of allylic oxidation sites excluding steroid dienone is 4. The van der Waals surface area contributed by atoms with E-state index in [4.69, 9.17) is 0 Å². The summed E-state index contributed by atoms with van der Waals surface area (Å²) in [6, 6.07) is 0. The van der Waals surface area contributed by atoms with Gasteiger partial charge in [-0.25, -0.2) is 8.42 Å². The maximum absolute atomic E-state index is 11.8. The van der Waals surface area contributed by atoms with E-state index >= 15 is 0 Å². The van der Waals surface area contributed by atoms with E-state index in [9.17, 15) is 8.42 Å². The average molecular weight is 268 g/mol. The van der Waals surface area contributed by atoms with Crippen LogP contribution in [0.25, 0.3) is 0 Å². The lowest BCUT2D eigenvalue weighted by Gasteiger charge is -2.09. The molecule has 1 atom stereocenters. The predicted molar refractivity (Wildman–Crippen MR) is 78.4 cm³/mol. The fourth-order valence-corrected chi connectivity index (χ4v) is 3.89. The summed E-state index contributed by atoms with van der Waals surface area (Å²) in [7, 11) is -2.91. The minimum Gasteiger partial charge on any atom is -0.228 e. The molecule has 0 saturated heterocycles. The summed E-state index contributed by atoms with van der Waals surface area (Å²) in [4.78, 5) is 0. The second kappa shape index (κ2) is 6.37. The summed E-state index contributed by atoms with van der Waals surface area (Å²) in [6.45, 7) is 8.19. The summed E-state index contributed by atoms with van der Waals surface area (Å²) in [6.07, 6.45) is 8.83. The summed E-state index contributed by atoms with van der Waals surface area (Å²) < 4.78 is 23.6. The maximum atomic E-state index is 11.8. The number of hydrogen-bond donors (Lipinski definition) is 0. The van der Waals surface area contributed by atoms with Crippen LogP contribution in [0.15, 0.2) is 34.9 Å². The van der Waals surface area contributed by atoms with Gasteiger partial charge in [0.15, 0.2) is 9.84 Å². The van der Waals surface area contributed by atoms with Crippen molar-refractivity contribution in [3.8, 4) is 0 Å². The summed E-state index contributed by atoms with van der Waals surface area (Å²) in [5.74, 6) is 0.216. The molecule has 0 bridgehead atoms. The van der Waals surface area contributed by atoms with E-state index in [2.05, 4.69) is 32.9 Å². The highest BCUT2D eigenvalue weighted by Gasteiger charge is 2.30. The van der Waals surface area contributed by atoms with E-state index in [1.54, 1.807) is 0 Å². The van der Waals surface area contributed by atoms with Gasteiger partial charge in [-0.05, 0) is 47.0 Å². The highest BCUT2D eigenvalue weighted by Crippen LogP contribution is 2.24. The van der Waals surface area contributed by atoms with Crippen LogP contribution in [0.3, 0.4) is 0 Å². The molecule has 1 heterocycles. The Labute approximate surface area is 111 Å². The van der Waals surface area contributed by atoms with Gasteiger partial charge in [0, 0.05) is 0 Å². The topological polar surface area (TPSA) is 34.1 Å². The molecular formula is C15H24O2S. The minimum absolute atomic E-state index is 0.216. The third kappa shape index (κ3) is 4.45. The zero-order chi connectivity index (χ0) is 13.8. The molecule has 0 amide bonds. The van der Waals surface area contributed by atoms with Crippen LogP contribution in [0.4, 0.5) is 0 Å². The smallest absolute Gasteiger partial charge is 0.160 e. The molecule has 1 aliphatic rings. The summed E-state index contributed by atoms with van der Waals surface area (Å²) in [5, 5.41) is -0.282. The van der Waals surface area contributed by atoms with E-state index in [0.717, 1.165) is 18.4 Å². The standard InChI is InChI=1S/C15H24O2S/c1-12(2)6-5-7-13(3)8-9-15-14(4)10-11-18(15,16)17/h6,8,10,15H,5,7,9,11H2,1-4H3. The predicted octanol–water partition coefficient (Wildman–Crippen LogP) is 3.81. The van der Waals surface area contributed by atoms with Crippen molar-refractivity contribution in [1.82, 2.24) is 0 Å². The Morgan fingerprint density at radius 2 is 2.00 bits per heavy atom. The van der Waals surface area contributed by atoms with E-state index < -0.39 is 9.84 Å². The van der Waals surface area contributed by atoms with E-state index in [-0.39, 0.29) is 11.0 Å². The highest BCUT2D eigenvalue weighted by molar-refractivity contribution is 7.92. The monoisotopic (exact) mass is 268 g/mol. The van der Waals surface area contributed by atoms with Gasteiger partial charge in [0.1, 0.15) is 0 Å². The maximum Gasteiger partial charge on any atom is 0.160 e. The van der Waals surface area contributed by atoms with Gasteiger partial charge in [-0.15, -0.1) is 0 Å². The van der Waals surface area contributed by atoms with Crippen molar-refractivity contribution in [2.75, 3.05) is 5.75 Å². The number of hydrogen-bond acceptors (Lipinski definition) is 2. The van der Waals surface area contributed by atoms with Crippen LogP contribution in [0.5, 0.6) is 0 Å². The van der Waals surface area contributed by atoms with Crippen LogP contribution in [-0.2, 0) is 9.84 Å². The molecule has 2 nitrogen and oxygen atoms in total. The van der Waals surface area contributed by atoms with Crippen LogP contribution in [0, 0.1) is 0 Å². The Hall–Kier alpha value is -0.830. The minimum atomic E-state index is -2.91. The molecule has 0 aromatic heterocycles. The van der Waals surface area contributed by atoms with Gasteiger partial charge < -0.3 is 0 Å². The van der Waals surface area contributed by atoms with Gasteiger partial charge in [-0.1, -0.05) is 34.9 Å². The van der Waals surface area contributed by atoms with Gasteiger partial charge >= 0.3 is 0 Å². The van der Waals surface area contributed by atoms with Crippen molar-refractivity contribution in [2.24, 2.45) is 0 Å². The second-order valence-electron chi connectivity index (χ2n) is 5.37. The molecule has 0 saturated carbocycles. The fourth-order valence-electron chi connectivity index (χ4n) is 2.11. The largest absolute Gasteiger partial charge is 0.228 e. The Kier molecular flexibility index (Phi) is 5.39. The molecule has 3 heteroatoms. The van der Waals surface area contributed by atoms with Gasteiger partial charge in [-0.2, -0.15) is 0 Å². The molecule has 0 aromatic carbocycles. The summed E-state index contributed by atoms with van der Waals surface area (Å²) in [5.41, 5.74) is 3.62. The Morgan fingerprint density at radius 3 is 2.50 bits per heavy atom. The zero-order valence-electron chi connectivity index (χ0n) is 11.9. The molecule has 18 heavy (non-hydrogen) atoms. The van der Waals surface area contributed by atoms with E-state index in [1.807, 2.05) is 13.0 Å². The Balaban J connectivity index is 2.53. The van der Waals surface area contributed by atoms with Gasteiger partial charge in [-0.3, -0.25) is 0 Å². The normalized spacial score (nSPS) is 22.8. The highest BCUT2D eigenvalue weighted by atomic mass is 32.2. The number of sulfone groups is 1. The van der Waals surface area contributed by atoms with E-state index in [0.29, 0.717) is 6.42 Å². The second-order valence-corrected chi connectivity index (χ2v) is 7.60. The molecule has 1 aliphatic heterocycles. The zero-order valence-corrected chi connectivity index (χ0v) is 12.7. The van der Waals surface area contributed by atoms with Crippen molar-refractivity contribution in [2.45, 2.75) is 52.2 Å². The summed E-state index contributed by atoms with van der Waals surface area (Å²) >= 11 is 0. The Bertz CT molecular complexity index is 475. The van der Waals surface area contributed by atoms with E-state index in [1.165, 1.54) is 11.1 Å². The third-order valence-electron chi connectivity index (χ3n) is 3.35. The van der Waals surface area contributed by atoms with Crippen molar-refractivity contribution in [3.05, 3.63) is 34.9 Å². The fraction of sp³-hybridized carbons (Fsp3) is 0.600. The van der Waals surface area contributed by atoms with Crippen molar-refractivity contribution in [3.63, 3.8) is 0 Å². The molecule has 0 aliphatic carbocycles. The molecule has 1 rings (SSSR count). The number of rotatable bonds is 5. The first-order valence-electron chi connectivity index (χ1n) is 6.50. The van der Waals surface area contributed by atoms with Crippen molar-refractivity contribution < 1.29 is 8.42 Å². The SMILES string of the molecule is CC(C)=CCCC(C)=CCC1C(C)=CCS1(=O)=O. The van der Waals surface area contributed by atoms with Crippen LogP contribution >= 0.6 is 0 Å². The third-order valence-corrected chi connectivity index (χ3v) is 5.41. The molecule has 1 unspecified atom stereocenters. The molecule has 0 radical (unpaired) electrons. The molecule has 102 valence electrons. The lowest BCUT2D eigenvalue weighted by molar-refractivity contribution is 0.592. The van der Waals surface area contributed by atoms with Crippen molar-refractivity contribution in [1.29, 1.82) is 0 Å². The molecular weight excluding hydrogens is 244 g/mol. The molecule has 0 spiro atoms. The van der Waals surface area contributed by atoms with Crippen molar-refractivity contribution >= 4 is 9.84 Å². The van der Waals surface area contributed by atoms with Crippen LogP contribution in [0.1, 0.15) is 47.0 Å². The lowest BCUT2D eigenvalue weighted by Crippen LogP contribution is -2.18. The first kappa shape index (κ1) is 15.2. The Morgan fingerprint density at radius 1 is 1.33 bits per heavy atom. The molecule has 0 aromatic rings. The van der Waals surface area contributed by atoms with Crippen LogP contribution < -0.4 is 0 Å². The van der Waals surface area contributed by atoms with Gasteiger partial charge in [0.2, 0.25) is 0 Å². The van der Waals surface area contributed by atoms with Gasteiger partial charge in [0.05, 0.1) is 11.0 Å². The average Bonchev–Trinajstić information content (AvgIpc) is 2.50. The quantitative estimate of drug-likeness (QED) is 0.710. The first-order chi connectivity index (χ1) is 8.33. The molecule has 0 fully saturated rings. The van der Waals surface area contributed by atoms with Gasteiger partial charge in [0.25, 0.3) is 0 Å². The first-order valence-corrected chi connectivity index (χ1v) is 8.21. The van der Waals surface area contributed by atoms with Crippen LogP contribution in [-0.4, -0.2) is 19.4 Å².